The lowest BCUT2D eigenvalue weighted by Crippen LogP contribution is -2.42. The van der Waals surface area contributed by atoms with Gasteiger partial charge in [0.05, 0.1) is 19.3 Å². The standard InChI is InChI=1S/C31H29ClIN5O4/c1-20-2-7-24(8-3-20)41-31(39)38-14-12-26-27-16-22(32)6-11-28(27)36-29(26)30(38)21-4-9-23(10-5-21)40-15-13-25(42-33)17-37-19-34-18-35-37/h2-11,16,18-19,25,30,36H,12-15,17H2,1H3/t25?,30-/m0/s1. The van der Waals surface area contributed by atoms with Crippen LogP contribution in [-0.4, -0.2) is 50.0 Å². The zero-order valence-electron chi connectivity index (χ0n) is 22.9. The van der Waals surface area contributed by atoms with Gasteiger partial charge in [-0.3, -0.25) is 9.58 Å². The Bertz CT molecular complexity index is 1660. The molecule has 11 heteroatoms. The maximum atomic E-state index is 13.6. The van der Waals surface area contributed by atoms with E-state index in [9.17, 15) is 4.79 Å². The molecule has 5 aromatic rings. The van der Waals surface area contributed by atoms with Crippen LogP contribution in [0.15, 0.2) is 79.4 Å². The van der Waals surface area contributed by atoms with E-state index in [0.717, 1.165) is 39.0 Å². The third-order valence-corrected chi connectivity index (χ3v) is 8.39. The van der Waals surface area contributed by atoms with E-state index in [1.54, 1.807) is 15.9 Å². The molecule has 1 unspecified atom stereocenters. The zero-order chi connectivity index (χ0) is 29.1. The van der Waals surface area contributed by atoms with Gasteiger partial charge in [0.25, 0.3) is 0 Å². The molecule has 0 bridgehead atoms. The van der Waals surface area contributed by atoms with Crippen molar-refractivity contribution in [3.05, 3.63) is 107 Å². The van der Waals surface area contributed by atoms with E-state index in [1.165, 1.54) is 6.33 Å². The fraction of sp³-hybridized carbons (Fsp3) is 0.258. The SMILES string of the molecule is Cc1ccc(OC(=O)N2CCc3c([nH]c4ccc(Cl)cc34)[C@@H]2c2ccc(OCCC(Cn3cncn3)OI)cc2)cc1. The van der Waals surface area contributed by atoms with Gasteiger partial charge >= 0.3 is 6.09 Å². The summed E-state index contributed by atoms with van der Waals surface area (Å²) in [6.45, 7) is 3.58. The Hall–Kier alpha value is -3.61. The Kier molecular flexibility index (Phi) is 8.63. The number of benzene rings is 3. The number of nitrogens with one attached hydrogen (secondary N) is 1. The van der Waals surface area contributed by atoms with Gasteiger partial charge in [0, 0.05) is 34.6 Å². The monoisotopic (exact) mass is 697 g/mol. The summed E-state index contributed by atoms with van der Waals surface area (Å²) in [5.74, 6) is 1.25. The zero-order valence-corrected chi connectivity index (χ0v) is 25.8. The van der Waals surface area contributed by atoms with Crippen LogP contribution >= 0.6 is 34.6 Å². The highest BCUT2D eigenvalue weighted by Crippen LogP contribution is 2.40. The third kappa shape index (κ3) is 6.25. The highest BCUT2D eigenvalue weighted by atomic mass is 127. The van der Waals surface area contributed by atoms with Gasteiger partial charge in [-0.25, -0.2) is 9.78 Å². The molecule has 0 saturated heterocycles. The van der Waals surface area contributed by atoms with Crippen molar-refractivity contribution in [2.45, 2.75) is 38.5 Å². The second-order valence-corrected chi connectivity index (χ2v) is 11.2. The lowest BCUT2D eigenvalue weighted by atomic mass is 9.92. The maximum absolute atomic E-state index is 13.6. The van der Waals surface area contributed by atoms with Crippen LogP contribution in [0.25, 0.3) is 10.9 Å². The molecule has 216 valence electrons. The Morgan fingerprint density at radius 1 is 1.12 bits per heavy atom. The normalized spacial score (nSPS) is 15.4. The molecule has 42 heavy (non-hydrogen) atoms. The third-order valence-electron chi connectivity index (χ3n) is 7.44. The summed E-state index contributed by atoms with van der Waals surface area (Å²) in [6.07, 6.45) is 4.09. The van der Waals surface area contributed by atoms with Crippen LogP contribution in [-0.2, 0) is 16.0 Å². The maximum Gasteiger partial charge on any atom is 0.416 e. The average molecular weight is 698 g/mol. The minimum absolute atomic E-state index is 0.0594. The van der Waals surface area contributed by atoms with Crippen molar-refractivity contribution in [2.24, 2.45) is 0 Å². The molecule has 9 nitrogen and oxygen atoms in total. The number of aryl methyl sites for hydroxylation is 1. The van der Waals surface area contributed by atoms with Gasteiger partial charge in [-0.2, -0.15) is 5.10 Å². The molecule has 6 rings (SSSR count). The molecule has 0 spiro atoms. The average Bonchev–Trinajstić information content (AvgIpc) is 3.65. The number of aromatic amines is 1. The number of carbonyl (C=O) groups is 1. The van der Waals surface area contributed by atoms with Crippen molar-refractivity contribution < 1.29 is 17.3 Å². The van der Waals surface area contributed by atoms with E-state index >= 15 is 0 Å². The molecule has 0 saturated carbocycles. The number of rotatable bonds is 9. The van der Waals surface area contributed by atoms with Crippen LogP contribution in [0.5, 0.6) is 11.5 Å². The number of H-pyrrole nitrogens is 1. The number of aromatic nitrogens is 4. The van der Waals surface area contributed by atoms with Gasteiger partial charge in [0.1, 0.15) is 53.2 Å². The minimum Gasteiger partial charge on any atom is -0.493 e. The fourth-order valence-electron chi connectivity index (χ4n) is 5.32. The Balaban J connectivity index is 1.23. The summed E-state index contributed by atoms with van der Waals surface area (Å²) in [7, 11) is 0. The number of carbonyl (C=O) groups excluding carboxylic acids is 1. The second-order valence-electron chi connectivity index (χ2n) is 10.3. The first kappa shape index (κ1) is 28.5. The number of nitrogens with zero attached hydrogens (tertiary/aromatic N) is 4. The van der Waals surface area contributed by atoms with Gasteiger partial charge < -0.3 is 17.5 Å². The number of hydrogen-bond acceptors (Lipinski definition) is 6. The summed E-state index contributed by atoms with van der Waals surface area (Å²) in [5.41, 5.74) is 5.15. The van der Waals surface area contributed by atoms with E-state index < -0.39 is 6.09 Å². The fourth-order valence-corrected chi connectivity index (χ4v) is 5.91. The van der Waals surface area contributed by atoms with E-state index in [2.05, 4.69) is 15.1 Å². The number of amides is 1. The minimum atomic E-state index is -0.399. The van der Waals surface area contributed by atoms with Crippen LogP contribution < -0.4 is 9.47 Å². The summed E-state index contributed by atoms with van der Waals surface area (Å²) in [6, 6.07) is 20.8. The van der Waals surface area contributed by atoms with Crippen LogP contribution in [0, 0.1) is 6.92 Å². The highest BCUT2D eigenvalue weighted by Gasteiger charge is 2.35. The lowest BCUT2D eigenvalue weighted by Gasteiger charge is -2.35. The number of fused-ring (bicyclic) bond motifs is 3. The largest absolute Gasteiger partial charge is 0.493 e. The molecule has 1 aliphatic rings. The molecular formula is C31H29ClIN5O4. The van der Waals surface area contributed by atoms with E-state index in [4.69, 9.17) is 24.1 Å². The molecule has 1 aliphatic heterocycles. The van der Waals surface area contributed by atoms with Gasteiger partial charge in [-0.15, -0.1) is 0 Å². The molecule has 0 aliphatic carbocycles. The summed E-state index contributed by atoms with van der Waals surface area (Å²) >= 11 is 8.26. The number of hydrogen-bond donors (Lipinski definition) is 1. The van der Waals surface area contributed by atoms with Crippen LogP contribution in [0.2, 0.25) is 5.02 Å². The molecular weight excluding hydrogens is 669 g/mol. The van der Waals surface area contributed by atoms with Crippen molar-refractivity contribution in [1.82, 2.24) is 24.6 Å². The topological polar surface area (TPSA) is 94.5 Å². The van der Waals surface area contributed by atoms with E-state index in [1.807, 2.05) is 96.7 Å². The van der Waals surface area contributed by atoms with Gasteiger partial charge in [0.2, 0.25) is 0 Å². The van der Waals surface area contributed by atoms with Gasteiger partial charge in [-0.1, -0.05) is 41.4 Å². The van der Waals surface area contributed by atoms with Crippen molar-refractivity contribution in [2.75, 3.05) is 13.2 Å². The highest BCUT2D eigenvalue weighted by molar-refractivity contribution is 14.1. The predicted molar refractivity (Wildman–Crippen MR) is 168 cm³/mol. The smallest absolute Gasteiger partial charge is 0.416 e. The Morgan fingerprint density at radius 2 is 1.90 bits per heavy atom. The van der Waals surface area contributed by atoms with E-state index in [-0.39, 0.29) is 12.1 Å². The van der Waals surface area contributed by atoms with E-state index in [0.29, 0.717) is 43.3 Å². The lowest BCUT2D eigenvalue weighted by molar-refractivity contribution is 0.135. The van der Waals surface area contributed by atoms with Gasteiger partial charge in [-0.05, 0) is 66.9 Å². The van der Waals surface area contributed by atoms with Crippen molar-refractivity contribution >= 4 is 51.6 Å². The Morgan fingerprint density at radius 3 is 2.64 bits per heavy atom. The molecule has 3 aromatic carbocycles. The van der Waals surface area contributed by atoms with Crippen LogP contribution in [0.3, 0.4) is 0 Å². The Labute approximate surface area is 262 Å². The quantitative estimate of drug-likeness (QED) is 0.166. The van der Waals surface area contributed by atoms with Crippen molar-refractivity contribution in [1.29, 1.82) is 0 Å². The number of halogens is 2. The summed E-state index contributed by atoms with van der Waals surface area (Å²) in [5, 5.41) is 5.90. The molecule has 0 fully saturated rings. The molecule has 3 heterocycles. The van der Waals surface area contributed by atoms with Crippen LogP contribution in [0.4, 0.5) is 4.79 Å². The molecule has 2 aromatic heterocycles. The first-order valence-corrected chi connectivity index (χ1v) is 14.9. The summed E-state index contributed by atoms with van der Waals surface area (Å²) in [4.78, 5) is 22.9. The van der Waals surface area contributed by atoms with Crippen molar-refractivity contribution in [3.8, 4) is 11.5 Å². The molecule has 1 amide bonds. The summed E-state index contributed by atoms with van der Waals surface area (Å²) < 4.78 is 19.1. The predicted octanol–water partition coefficient (Wildman–Crippen LogP) is 7.07. The molecule has 1 N–H and O–H groups in total. The first-order valence-electron chi connectivity index (χ1n) is 13.7. The van der Waals surface area contributed by atoms with Crippen molar-refractivity contribution in [3.63, 3.8) is 0 Å². The molecule has 0 radical (unpaired) electrons. The van der Waals surface area contributed by atoms with Gasteiger partial charge in [0.15, 0.2) is 0 Å². The molecule has 2 atom stereocenters. The second kappa shape index (κ2) is 12.7. The first-order chi connectivity index (χ1) is 20.5. The van der Waals surface area contributed by atoms with Crippen LogP contribution in [0.1, 0.15) is 34.8 Å². The number of ether oxygens (including phenoxy) is 2.